The number of hydrogen-bond donors (Lipinski definition) is 0. The zero-order valence-electron chi connectivity index (χ0n) is 19.4. The highest BCUT2D eigenvalue weighted by Crippen LogP contribution is 2.31. The standard InChI is InChI=1S/C25H29N3O4S/c1-16-8-7-9-17(2)27(16)23(29)15-33-25-26-20-11-6-5-10-19(20)24(30)28(25)18-12-13-21(31-3)22(14-18)32-4/h5-6,10-14,16-17H,7-9,15H2,1-4H3. The fourth-order valence-corrected chi connectivity index (χ4v) is 5.40. The molecule has 1 aliphatic rings. The number of piperidine rings is 1. The molecule has 0 bridgehead atoms. The number of benzene rings is 2. The lowest BCUT2D eigenvalue weighted by Crippen LogP contribution is -2.48. The molecule has 174 valence electrons. The van der Waals surface area contributed by atoms with Gasteiger partial charge in [0.25, 0.3) is 5.56 Å². The molecule has 1 fully saturated rings. The monoisotopic (exact) mass is 467 g/mol. The Kier molecular flexibility index (Phi) is 6.93. The molecule has 4 rings (SSSR count). The SMILES string of the molecule is COc1ccc(-n2c(SCC(=O)N3C(C)CCCC3C)nc3ccccc3c2=O)cc1OC. The summed E-state index contributed by atoms with van der Waals surface area (Å²) < 4.78 is 12.3. The number of para-hydroxylation sites is 1. The third-order valence-corrected chi connectivity index (χ3v) is 7.10. The van der Waals surface area contributed by atoms with E-state index < -0.39 is 0 Å². The Morgan fingerprint density at radius 2 is 1.76 bits per heavy atom. The Bertz CT molecular complexity index is 1220. The molecule has 2 heterocycles. The van der Waals surface area contributed by atoms with Crippen LogP contribution in [0.2, 0.25) is 0 Å². The molecule has 1 amide bonds. The lowest BCUT2D eigenvalue weighted by Gasteiger charge is -2.39. The van der Waals surface area contributed by atoms with Crippen LogP contribution in [0.15, 0.2) is 52.4 Å². The maximum Gasteiger partial charge on any atom is 0.266 e. The van der Waals surface area contributed by atoms with Crippen molar-refractivity contribution in [1.29, 1.82) is 0 Å². The van der Waals surface area contributed by atoms with Crippen molar-refractivity contribution in [1.82, 2.24) is 14.5 Å². The minimum Gasteiger partial charge on any atom is -0.493 e. The fourth-order valence-electron chi connectivity index (χ4n) is 4.51. The van der Waals surface area contributed by atoms with Crippen LogP contribution in [-0.2, 0) is 4.79 Å². The van der Waals surface area contributed by atoms with Gasteiger partial charge in [-0.2, -0.15) is 0 Å². The Balaban J connectivity index is 1.75. The number of likely N-dealkylation sites (tertiary alicyclic amines) is 1. The molecule has 33 heavy (non-hydrogen) atoms. The number of hydrogen-bond acceptors (Lipinski definition) is 6. The summed E-state index contributed by atoms with van der Waals surface area (Å²) in [5.41, 5.74) is 1.02. The lowest BCUT2D eigenvalue weighted by molar-refractivity contribution is -0.134. The van der Waals surface area contributed by atoms with E-state index in [2.05, 4.69) is 13.8 Å². The fraction of sp³-hybridized carbons (Fsp3) is 0.400. The molecular weight excluding hydrogens is 438 g/mol. The molecule has 7 nitrogen and oxygen atoms in total. The summed E-state index contributed by atoms with van der Waals surface area (Å²) in [5, 5.41) is 0.984. The van der Waals surface area contributed by atoms with Gasteiger partial charge in [0, 0.05) is 18.2 Å². The summed E-state index contributed by atoms with van der Waals surface area (Å²) in [4.78, 5) is 33.4. The zero-order valence-corrected chi connectivity index (χ0v) is 20.2. The highest BCUT2D eigenvalue weighted by Gasteiger charge is 2.29. The Hall–Kier alpha value is -3.00. The minimum absolute atomic E-state index is 0.0703. The Morgan fingerprint density at radius 3 is 2.45 bits per heavy atom. The molecule has 0 saturated carbocycles. The average Bonchev–Trinajstić information content (AvgIpc) is 2.82. The quantitative estimate of drug-likeness (QED) is 0.398. The number of methoxy groups -OCH3 is 2. The summed E-state index contributed by atoms with van der Waals surface area (Å²) >= 11 is 1.29. The van der Waals surface area contributed by atoms with E-state index in [0.717, 1.165) is 19.3 Å². The second kappa shape index (κ2) is 9.87. The van der Waals surface area contributed by atoms with Crippen LogP contribution in [-0.4, -0.2) is 52.4 Å². The highest BCUT2D eigenvalue weighted by molar-refractivity contribution is 7.99. The first-order valence-corrected chi connectivity index (χ1v) is 12.1. The first-order valence-electron chi connectivity index (χ1n) is 11.1. The van der Waals surface area contributed by atoms with Gasteiger partial charge in [0.2, 0.25) is 5.91 Å². The van der Waals surface area contributed by atoms with Gasteiger partial charge in [0.15, 0.2) is 16.7 Å². The second-order valence-electron chi connectivity index (χ2n) is 8.31. The molecule has 1 aliphatic heterocycles. The van der Waals surface area contributed by atoms with Crippen molar-refractivity contribution in [3.63, 3.8) is 0 Å². The van der Waals surface area contributed by atoms with Gasteiger partial charge in [0.1, 0.15) is 0 Å². The van der Waals surface area contributed by atoms with E-state index in [1.807, 2.05) is 23.1 Å². The summed E-state index contributed by atoms with van der Waals surface area (Å²) in [6.07, 6.45) is 3.18. The molecule has 2 unspecified atom stereocenters. The van der Waals surface area contributed by atoms with Crippen molar-refractivity contribution in [3.05, 3.63) is 52.8 Å². The summed E-state index contributed by atoms with van der Waals surface area (Å²) in [5.74, 6) is 1.37. The maximum atomic E-state index is 13.5. The van der Waals surface area contributed by atoms with Gasteiger partial charge in [0.05, 0.1) is 36.6 Å². The second-order valence-corrected chi connectivity index (χ2v) is 9.25. The minimum atomic E-state index is -0.192. The van der Waals surface area contributed by atoms with E-state index in [0.29, 0.717) is 33.2 Å². The number of carbonyl (C=O) groups is 1. The molecule has 1 saturated heterocycles. The Morgan fingerprint density at radius 1 is 1.06 bits per heavy atom. The predicted molar refractivity (Wildman–Crippen MR) is 131 cm³/mol. The van der Waals surface area contributed by atoms with Crippen LogP contribution >= 0.6 is 11.8 Å². The number of thioether (sulfide) groups is 1. The van der Waals surface area contributed by atoms with E-state index in [-0.39, 0.29) is 29.3 Å². The number of amides is 1. The Labute approximate surface area is 197 Å². The first-order chi connectivity index (χ1) is 15.9. The normalized spacial score (nSPS) is 18.4. The predicted octanol–water partition coefficient (Wildman–Crippen LogP) is 4.28. The van der Waals surface area contributed by atoms with E-state index in [1.54, 1.807) is 43.1 Å². The van der Waals surface area contributed by atoms with Crippen molar-refractivity contribution in [3.8, 4) is 17.2 Å². The summed E-state index contributed by atoms with van der Waals surface area (Å²) in [6.45, 7) is 4.21. The van der Waals surface area contributed by atoms with Crippen LogP contribution in [0.3, 0.4) is 0 Å². The third kappa shape index (κ3) is 4.57. The summed E-state index contributed by atoms with van der Waals surface area (Å²) in [7, 11) is 3.12. The van der Waals surface area contributed by atoms with E-state index in [1.165, 1.54) is 11.8 Å². The summed E-state index contributed by atoms with van der Waals surface area (Å²) in [6, 6.07) is 13.0. The van der Waals surface area contributed by atoms with Gasteiger partial charge < -0.3 is 14.4 Å². The van der Waals surface area contributed by atoms with E-state index in [4.69, 9.17) is 14.5 Å². The third-order valence-electron chi connectivity index (χ3n) is 6.18. The molecule has 2 aromatic carbocycles. The van der Waals surface area contributed by atoms with Crippen molar-refractivity contribution in [2.75, 3.05) is 20.0 Å². The number of fused-ring (bicyclic) bond motifs is 1. The number of ether oxygens (including phenoxy) is 2. The molecule has 0 aliphatic carbocycles. The first kappa shape index (κ1) is 23.2. The topological polar surface area (TPSA) is 73.7 Å². The van der Waals surface area contributed by atoms with Crippen LogP contribution < -0.4 is 15.0 Å². The highest BCUT2D eigenvalue weighted by atomic mass is 32.2. The van der Waals surface area contributed by atoms with Crippen molar-refractivity contribution < 1.29 is 14.3 Å². The lowest BCUT2D eigenvalue weighted by atomic mass is 9.98. The number of nitrogens with zero attached hydrogens (tertiary/aromatic N) is 3. The van der Waals surface area contributed by atoms with E-state index in [9.17, 15) is 9.59 Å². The van der Waals surface area contributed by atoms with Crippen molar-refractivity contribution >= 4 is 28.6 Å². The smallest absolute Gasteiger partial charge is 0.266 e. The van der Waals surface area contributed by atoms with Crippen LogP contribution in [0.1, 0.15) is 33.1 Å². The van der Waals surface area contributed by atoms with Crippen LogP contribution in [0, 0.1) is 0 Å². The molecule has 8 heteroatoms. The van der Waals surface area contributed by atoms with Gasteiger partial charge in [-0.1, -0.05) is 23.9 Å². The molecule has 0 N–H and O–H groups in total. The van der Waals surface area contributed by atoms with Crippen LogP contribution in [0.4, 0.5) is 0 Å². The van der Waals surface area contributed by atoms with Gasteiger partial charge >= 0.3 is 0 Å². The number of aromatic nitrogens is 2. The number of carbonyl (C=O) groups excluding carboxylic acids is 1. The van der Waals surface area contributed by atoms with Crippen LogP contribution in [0.25, 0.3) is 16.6 Å². The van der Waals surface area contributed by atoms with Crippen molar-refractivity contribution in [2.45, 2.75) is 50.4 Å². The van der Waals surface area contributed by atoms with E-state index >= 15 is 0 Å². The molecular formula is C25H29N3O4S. The average molecular weight is 468 g/mol. The molecule has 0 spiro atoms. The molecule has 2 atom stereocenters. The molecule has 3 aromatic rings. The van der Waals surface area contributed by atoms with Gasteiger partial charge in [-0.3, -0.25) is 14.2 Å². The number of rotatable bonds is 6. The maximum absolute atomic E-state index is 13.5. The van der Waals surface area contributed by atoms with Gasteiger partial charge in [-0.05, 0) is 57.4 Å². The van der Waals surface area contributed by atoms with Crippen LogP contribution in [0.5, 0.6) is 11.5 Å². The van der Waals surface area contributed by atoms with Gasteiger partial charge in [-0.15, -0.1) is 0 Å². The zero-order chi connectivity index (χ0) is 23.5. The molecule has 0 radical (unpaired) electrons. The largest absolute Gasteiger partial charge is 0.493 e. The molecule has 1 aromatic heterocycles. The van der Waals surface area contributed by atoms with Crippen molar-refractivity contribution in [2.24, 2.45) is 0 Å². The van der Waals surface area contributed by atoms with Gasteiger partial charge in [-0.25, -0.2) is 4.98 Å².